The number of hydrogen-bond donors (Lipinski definition) is 1. The third kappa shape index (κ3) is 3.68. The molecule has 3 amide bonds. The van der Waals surface area contributed by atoms with Gasteiger partial charge in [0, 0.05) is 31.7 Å². The van der Waals surface area contributed by atoms with Crippen LogP contribution in [0.3, 0.4) is 0 Å². The van der Waals surface area contributed by atoms with Crippen LogP contribution in [0, 0.1) is 12.7 Å². The molecule has 0 saturated carbocycles. The van der Waals surface area contributed by atoms with Crippen molar-refractivity contribution in [3.8, 4) is 0 Å². The van der Waals surface area contributed by atoms with Gasteiger partial charge < -0.3 is 15.1 Å². The highest BCUT2D eigenvalue weighted by Crippen LogP contribution is 2.22. The zero-order valence-corrected chi connectivity index (χ0v) is 14.1. The maximum absolute atomic E-state index is 13.4. The van der Waals surface area contributed by atoms with Crippen molar-refractivity contribution in [3.05, 3.63) is 29.6 Å². The van der Waals surface area contributed by atoms with Crippen LogP contribution in [0.4, 0.5) is 14.9 Å². The third-order valence-electron chi connectivity index (χ3n) is 4.90. The first-order valence-electron chi connectivity index (χ1n) is 8.66. The zero-order chi connectivity index (χ0) is 17.1. The van der Waals surface area contributed by atoms with Crippen LogP contribution in [0.5, 0.6) is 0 Å². The number of carbonyl (C=O) groups excluding carboxylic acids is 2. The minimum atomic E-state index is -0.281. The van der Waals surface area contributed by atoms with Gasteiger partial charge in [0.05, 0.1) is 6.04 Å². The van der Waals surface area contributed by atoms with Crippen molar-refractivity contribution >= 4 is 17.6 Å². The van der Waals surface area contributed by atoms with Crippen molar-refractivity contribution in [1.82, 2.24) is 9.80 Å². The second-order valence-electron chi connectivity index (χ2n) is 6.68. The van der Waals surface area contributed by atoms with Gasteiger partial charge in [-0.3, -0.25) is 4.79 Å². The summed E-state index contributed by atoms with van der Waals surface area (Å²) in [6.45, 7) is 3.78. The highest BCUT2D eigenvalue weighted by molar-refractivity contribution is 5.89. The monoisotopic (exact) mass is 333 g/mol. The van der Waals surface area contributed by atoms with Crippen LogP contribution >= 0.6 is 0 Å². The molecular weight excluding hydrogens is 309 g/mol. The number of nitrogens with zero attached hydrogens (tertiary/aromatic N) is 2. The highest BCUT2D eigenvalue weighted by Gasteiger charge is 2.31. The van der Waals surface area contributed by atoms with E-state index in [4.69, 9.17) is 0 Å². The van der Waals surface area contributed by atoms with Crippen LogP contribution in [0.2, 0.25) is 0 Å². The van der Waals surface area contributed by atoms with E-state index in [1.54, 1.807) is 19.1 Å². The molecule has 0 radical (unpaired) electrons. The summed E-state index contributed by atoms with van der Waals surface area (Å²) in [5.74, 6) is -0.0912. The number of rotatable bonds is 3. The van der Waals surface area contributed by atoms with Gasteiger partial charge in [0.2, 0.25) is 5.91 Å². The lowest BCUT2D eigenvalue weighted by molar-refractivity contribution is -0.128. The summed E-state index contributed by atoms with van der Waals surface area (Å²) in [5, 5.41) is 2.86. The van der Waals surface area contributed by atoms with Crippen LogP contribution in [-0.2, 0) is 4.79 Å². The molecular formula is C18H24FN3O2. The van der Waals surface area contributed by atoms with E-state index >= 15 is 0 Å². The van der Waals surface area contributed by atoms with Crippen molar-refractivity contribution in [3.63, 3.8) is 0 Å². The summed E-state index contributed by atoms with van der Waals surface area (Å²) in [5.41, 5.74) is 1.10. The van der Waals surface area contributed by atoms with E-state index in [2.05, 4.69) is 5.32 Å². The fourth-order valence-corrected chi connectivity index (χ4v) is 3.53. The van der Waals surface area contributed by atoms with Crippen molar-refractivity contribution < 1.29 is 14.0 Å². The average molecular weight is 333 g/mol. The van der Waals surface area contributed by atoms with Crippen molar-refractivity contribution in [2.45, 2.75) is 45.1 Å². The summed E-state index contributed by atoms with van der Waals surface area (Å²) in [6, 6.07) is 4.46. The molecule has 24 heavy (non-hydrogen) atoms. The summed E-state index contributed by atoms with van der Waals surface area (Å²) in [6.07, 6.45) is 4.49. The van der Waals surface area contributed by atoms with Gasteiger partial charge in [-0.15, -0.1) is 0 Å². The number of anilines is 1. The molecule has 1 N–H and O–H groups in total. The molecule has 1 atom stereocenters. The Morgan fingerprint density at radius 1 is 1.29 bits per heavy atom. The molecule has 5 nitrogen and oxygen atoms in total. The quantitative estimate of drug-likeness (QED) is 0.924. The topological polar surface area (TPSA) is 52.7 Å². The Kier molecular flexibility index (Phi) is 5.02. The number of nitrogens with one attached hydrogen (secondary N) is 1. The SMILES string of the molecule is Cc1cc(NC(=O)N2CCCCC2CN2CCCC2=O)ccc1F. The van der Waals surface area contributed by atoms with E-state index in [1.807, 2.05) is 9.80 Å². The number of halogens is 1. The lowest BCUT2D eigenvalue weighted by Gasteiger charge is -2.37. The molecule has 6 heteroatoms. The Bertz CT molecular complexity index is 635. The molecule has 1 aromatic carbocycles. The van der Waals surface area contributed by atoms with E-state index in [0.717, 1.165) is 32.2 Å². The van der Waals surface area contributed by atoms with E-state index < -0.39 is 0 Å². The number of benzene rings is 1. The lowest BCUT2D eigenvalue weighted by Crippen LogP contribution is -2.51. The maximum Gasteiger partial charge on any atom is 0.322 e. The molecule has 0 spiro atoms. The molecule has 2 aliphatic heterocycles. The zero-order valence-electron chi connectivity index (χ0n) is 14.1. The first-order valence-corrected chi connectivity index (χ1v) is 8.66. The van der Waals surface area contributed by atoms with Crippen molar-refractivity contribution in [2.24, 2.45) is 0 Å². The van der Waals surface area contributed by atoms with E-state index in [1.165, 1.54) is 6.07 Å². The number of carbonyl (C=O) groups is 2. The Labute approximate surface area is 141 Å². The molecule has 1 aromatic rings. The largest absolute Gasteiger partial charge is 0.341 e. The van der Waals surface area contributed by atoms with Gasteiger partial charge >= 0.3 is 6.03 Å². The molecule has 1 unspecified atom stereocenters. The number of amides is 3. The Balaban J connectivity index is 1.66. The molecule has 3 rings (SSSR count). The average Bonchev–Trinajstić information content (AvgIpc) is 2.96. The minimum Gasteiger partial charge on any atom is -0.341 e. The number of urea groups is 1. The summed E-state index contributed by atoms with van der Waals surface area (Å²) in [4.78, 5) is 28.2. The van der Waals surface area contributed by atoms with E-state index in [9.17, 15) is 14.0 Å². The molecule has 2 heterocycles. The van der Waals surface area contributed by atoms with Crippen LogP contribution < -0.4 is 5.32 Å². The molecule has 130 valence electrons. The van der Waals surface area contributed by atoms with Gasteiger partial charge in [-0.2, -0.15) is 0 Å². The maximum atomic E-state index is 13.4. The van der Waals surface area contributed by atoms with Gasteiger partial charge in [0.25, 0.3) is 0 Å². The van der Waals surface area contributed by atoms with Gasteiger partial charge in [-0.05, 0) is 56.4 Å². The number of likely N-dealkylation sites (tertiary alicyclic amines) is 2. The molecule has 0 bridgehead atoms. The normalized spacial score (nSPS) is 21.2. The predicted octanol–water partition coefficient (Wildman–Crippen LogP) is 3.14. The number of piperidine rings is 1. The molecule has 0 aliphatic carbocycles. The summed E-state index contributed by atoms with van der Waals surface area (Å²) in [7, 11) is 0. The van der Waals surface area contributed by atoms with Crippen LogP contribution in [0.15, 0.2) is 18.2 Å². The van der Waals surface area contributed by atoms with Crippen molar-refractivity contribution in [1.29, 1.82) is 0 Å². The molecule has 0 aromatic heterocycles. The van der Waals surface area contributed by atoms with Gasteiger partial charge in [0.15, 0.2) is 0 Å². The second kappa shape index (κ2) is 7.20. The molecule has 2 aliphatic rings. The van der Waals surface area contributed by atoms with Gasteiger partial charge in [-0.1, -0.05) is 0 Å². The number of aryl methyl sites for hydroxylation is 1. The Morgan fingerprint density at radius 3 is 2.83 bits per heavy atom. The fraction of sp³-hybridized carbons (Fsp3) is 0.556. The lowest BCUT2D eigenvalue weighted by atomic mass is 10.0. The van der Waals surface area contributed by atoms with Crippen LogP contribution in [0.1, 0.15) is 37.7 Å². The van der Waals surface area contributed by atoms with Crippen molar-refractivity contribution in [2.75, 3.05) is 25.0 Å². The highest BCUT2D eigenvalue weighted by atomic mass is 19.1. The van der Waals surface area contributed by atoms with Crippen LogP contribution in [0.25, 0.3) is 0 Å². The minimum absolute atomic E-state index is 0.0577. The predicted molar refractivity (Wildman–Crippen MR) is 90.3 cm³/mol. The molecule has 2 fully saturated rings. The van der Waals surface area contributed by atoms with Gasteiger partial charge in [-0.25, -0.2) is 9.18 Å². The summed E-state index contributed by atoms with van der Waals surface area (Å²) >= 11 is 0. The first kappa shape index (κ1) is 16.7. The second-order valence-corrected chi connectivity index (χ2v) is 6.68. The smallest absolute Gasteiger partial charge is 0.322 e. The number of hydrogen-bond acceptors (Lipinski definition) is 2. The third-order valence-corrected chi connectivity index (χ3v) is 4.90. The Morgan fingerprint density at radius 2 is 2.12 bits per heavy atom. The first-order chi connectivity index (χ1) is 11.5. The van der Waals surface area contributed by atoms with Crippen LogP contribution in [-0.4, -0.2) is 47.4 Å². The fourth-order valence-electron chi connectivity index (χ4n) is 3.53. The summed E-state index contributed by atoms with van der Waals surface area (Å²) < 4.78 is 13.4. The van der Waals surface area contributed by atoms with E-state index in [0.29, 0.717) is 30.8 Å². The van der Waals surface area contributed by atoms with Gasteiger partial charge in [0.1, 0.15) is 5.82 Å². The molecule has 2 saturated heterocycles. The van der Waals surface area contributed by atoms with E-state index in [-0.39, 0.29) is 23.8 Å². The standard InChI is InChI=1S/C18H24FN3O2/c1-13-11-14(7-8-16(13)19)20-18(24)22-10-3-2-5-15(22)12-21-9-4-6-17(21)23/h7-8,11,15H,2-6,9-10,12H2,1H3,(H,20,24). The Hall–Kier alpha value is -2.11.